The molecule has 2 nitrogen and oxygen atoms in total. The maximum atomic E-state index is 11.9. The molecular weight excluding hydrogens is 266 g/mol. The zero-order valence-corrected chi connectivity index (χ0v) is 12.6. The number of alkyl halides is 1. The van der Waals surface area contributed by atoms with Crippen LogP contribution in [0.15, 0.2) is 0 Å². The van der Waals surface area contributed by atoms with E-state index in [4.69, 9.17) is 0 Å². The molecule has 0 aromatic carbocycles. The number of rotatable bonds is 8. The van der Waals surface area contributed by atoms with Gasteiger partial charge in [0.1, 0.15) is 0 Å². The number of hydrogen-bond donors (Lipinski definition) is 1. The van der Waals surface area contributed by atoms with E-state index in [2.05, 4.69) is 48.9 Å². The van der Waals surface area contributed by atoms with E-state index in [-0.39, 0.29) is 10.7 Å². The van der Waals surface area contributed by atoms with Crippen LogP contribution < -0.4 is 5.32 Å². The van der Waals surface area contributed by atoms with Crippen LogP contribution >= 0.6 is 15.9 Å². The van der Waals surface area contributed by atoms with Gasteiger partial charge in [0.25, 0.3) is 0 Å². The highest BCUT2D eigenvalue weighted by Gasteiger charge is 2.20. The van der Waals surface area contributed by atoms with Crippen LogP contribution in [0.4, 0.5) is 0 Å². The molecule has 0 spiro atoms. The third kappa shape index (κ3) is 6.51. The van der Waals surface area contributed by atoms with Crippen molar-refractivity contribution >= 4 is 21.8 Å². The summed E-state index contributed by atoms with van der Waals surface area (Å²) in [4.78, 5) is 11.8. The topological polar surface area (TPSA) is 29.1 Å². The van der Waals surface area contributed by atoms with Gasteiger partial charge in [0, 0.05) is 6.04 Å². The quantitative estimate of drug-likeness (QED) is 0.676. The molecule has 0 fully saturated rings. The van der Waals surface area contributed by atoms with Crippen molar-refractivity contribution in [2.24, 2.45) is 5.92 Å². The first-order valence-electron chi connectivity index (χ1n) is 6.47. The Morgan fingerprint density at radius 3 is 2.25 bits per heavy atom. The molecule has 16 heavy (non-hydrogen) atoms. The second kappa shape index (κ2) is 9.03. The first kappa shape index (κ1) is 16.0. The Kier molecular flexibility index (Phi) is 9.00. The smallest absolute Gasteiger partial charge is 0.234 e. The Morgan fingerprint density at radius 2 is 1.81 bits per heavy atom. The van der Waals surface area contributed by atoms with Crippen LogP contribution in [-0.2, 0) is 4.79 Å². The number of carbonyl (C=O) groups is 1. The van der Waals surface area contributed by atoms with E-state index in [1.165, 1.54) is 12.8 Å². The Balaban J connectivity index is 4.11. The summed E-state index contributed by atoms with van der Waals surface area (Å²) in [5, 5.41) is 3.15. The number of nitrogens with one attached hydrogen (secondary N) is 1. The highest BCUT2D eigenvalue weighted by Crippen LogP contribution is 2.14. The molecule has 0 aromatic rings. The zero-order chi connectivity index (χ0) is 12.6. The summed E-state index contributed by atoms with van der Waals surface area (Å²) >= 11 is 3.44. The van der Waals surface area contributed by atoms with Gasteiger partial charge in [0.15, 0.2) is 0 Å². The van der Waals surface area contributed by atoms with Gasteiger partial charge in [-0.1, -0.05) is 62.9 Å². The molecule has 2 unspecified atom stereocenters. The Labute approximate surface area is 109 Å². The Morgan fingerprint density at radius 1 is 1.19 bits per heavy atom. The summed E-state index contributed by atoms with van der Waals surface area (Å²) in [7, 11) is 0. The normalized spacial score (nSPS) is 14.9. The molecule has 0 aromatic heterocycles. The maximum Gasteiger partial charge on any atom is 0.234 e. The molecule has 0 heterocycles. The Bertz CT molecular complexity index is 194. The molecule has 0 aliphatic heterocycles. The molecule has 0 radical (unpaired) electrons. The SMILES string of the molecule is CCCCC(CCC)NC(=O)C(Br)C(C)C. The largest absolute Gasteiger partial charge is 0.352 e. The van der Waals surface area contributed by atoms with Gasteiger partial charge in [-0.15, -0.1) is 0 Å². The van der Waals surface area contributed by atoms with Gasteiger partial charge in [-0.25, -0.2) is 0 Å². The van der Waals surface area contributed by atoms with E-state index in [9.17, 15) is 4.79 Å². The second-order valence-corrected chi connectivity index (χ2v) is 5.77. The number of unbranched alkanes of at least 4 members (excludes halogenated alkanes) is 1. The molecule has 0 bridgehead atoms. The first-order valence-corrected chi connectivity index (χ1v) is 7.38. The van der Waals surface area contributed by atoms with Gasteiger partial charge < -0.3 is 5.32 Å². The molecule has 96 valence electrons. The minimum atomic E-state index is -0.0616. The molecular formula is C13H26BrNO. The van der Waals surface area contributed by atoms with Crippen molar-refractivity contribution in [3.8, 4) is 0 Å². The molecule has 0 aliphatic rings. The molecule has 2 atom stereocenters. The van der Waals surface area contributed by atoms with Gasteiger partial charge in [-0.3, -0.25) is 4.79 Å². The fourth-order valence-corrected chi connectivity index (χ4v) is 1.80. The lowest BCUT2D eigenvalue weighted by atomic mass is 10.0. The minimum Gasteiger partial charge on any atom is -0.352 e. The predicted molar refractivity (Wildman–Crippen MR) is 73.9 cm³/mol. The molecule has 0 aliphatic carbocycles. The first-order chi connectivity index (χ1) is 7.52. The zero-order valence-electron chi connectivity index (χ0n) is 11.1. The molecule has 0 saturated heterocycles. The predicted octanol–water partition coefficient (Wildman–Crippen LogP) is 3.88. The molecule has 1 amide bonds. The van der Waals surface area contributed by atoms with Crippen LogP contribution in [0, 0.1) is 5.92 Å². The molecule has 0 saturated carbocycles. The minimum absolute atomic E-state index is 0.0616. The fraction of sp³-hybridized carbons (Fsp3) is 0.923. The van der Waals surface area contributed by atoms with Crippen LogP contribution in [0.1, 0.15) is 59.8 Å². The summed E-state index contributed by atoms with van der Waals surface area (Å²) in [6.45, 7) is 8.46. The summed E-state index contributed by atoms with van der Waals surface area (Å²) in [5.74, 6) is 0.484. The van der Waals surface area contributed by atoms with Crippen LogP contribution in [0.3, 0.4) is 0 Å². The summed E-state index contributed by atoms with van der Waals surface area (Å²) in [6.07, 6.45) is 5.71. The van der Waals surface area contributed by atoms with Crippen molar-refractivity contribution in [1.82, 2.24) is 5.32 Å². The standard InChI is InChI=1S/C13H26BrNO/c1-5-7-9-11(8-6-2)15-13(16)12(14)10(3)4/h10-12H,5-9H2,1-4H3,(H,15,16). The van der Waals surface area contributed by atoms with Gasteiger partial charge in [-0.2, -0.15) is 0 Å². The molecule has 0 rings (SSSR count). The lowest BCUT2D eigenvalue weighted by molar-refractivity contribution is -0.121. The summed E-state index contributed by atoms with van der Waals surface area (Å²) < 4.78 is 0. The number of halogens is 1. The van der Waals surface area contributed by atoms with Crippen molar-refractivity contribution in [3.63, 3.8) is 0 Å². The molecule has 1 N–H and O–H groups in total. The van der Waals surface area contributed by atoms with E-state index in [1.54, 1.807) is 0 Å². The fourth-order valence-electron chi connectivity index (χ4n) is 1.67. The number of amides is 1. The second-order valence-electron chi connectivity index (χ2n) is 4.78. The summed E-state index contributed by atoms with van der Waals surface area (Å²) in [5.41, 5.74) is 0. The van der Waals surface area contributed by atoms with Crippen molar-refractivity contribution in [2.75, 3.05) is 0 Å². The third-order valence-corrected chi connectivity index (χ3v) is 4.20. The lowest BCUT2D eigenvalue weighted by Crippen LogP contribution is -2.41. The van der Waals surface area contributed by atoms with Crippen molar-refractivity contribution in [3.05, 3.63) is 0 Å². The van der Waals surface area contributed by atoms with Crippen LogP contribution in [0.5, 0.6) is 0 Å². The number of carbonyl (C=O) groups excluding carboxylic acids is 1. The van der Waals surface area contributed by atoms with Gasteiger partial charge in [0.2, 0.25) is 5.91 Å². The highest BCUT2D eigenvalue weighted by atomic mass is 79.9. The van der Waals surface area contributed by atoms with Crippen LogP contribution in [-0.4, -0.2) is 16.8 Å². The highest BCUT2D eigenvalue weighted by molar-refractivity contribution is 9.10. The molecule has 3 heteroatoms. The third-order valence-electron chi connectivity index (χ3n) is 2.73. The van der Waals surface area contributed by atoms with Crippen molar-refractivity contribution in [1.29, 1.82) is 0 Å². The van der Waals surface area contributed by atoms with Gasteiger partial charge in [0.05, 0.1) is 4.83 Å². The van der Waals surface area contributed by atoms with E-state index < -0.39 is 0 Å². The van der Waals surface area contributed by atoms with Crippen LogP contribution in [0.25, 0.3) is 0 Å². The average molecular weight is 292 g/mol. The average Bonchev–Trinajstić information content (AvgIpc) is 2.24. The number of hydrogen-bond acceptors (Lipinski definition) is 1. The van der Waals surface area contributed by atoms with E-state index in [0.29, 0.717) is 12.0 Å². The maximum absolute atomic E-state index is 11.9. The summed E-state index contributed by atoms with van der Waals surface area (Å²) in [6, 6.07) is 0.358. The van der Waals surface area contributed by atoms with Crippen molar-refractivity contribution < 1.29 is 4.79 Å². The van der Waals surface area contributed by atoms with Crippen molar-refractivity contribution in [2.45, 2.75) is 70.7 Å². The Hall–Kier alpha value is -0.0500. The van der Waals surface area contributed by atoms with E-state index in [1.807, 2.05) is 0 Å². The lowest BCUT2D eigenvalue weighted by Gasteiger charge is -2.21. The van der Waals surface area contributed by atoms with E-state index >= 15 is 0 Å². The monoisotopic (exact) mass is 291 g/mol. The van der Waals surface area contributed by atoms with Gasteiger partial charge >= 0.3 is 0 Å². The van der Waals surface area contributed by atoms with Gasteiger partial charge in [-0.05, 0) is 18.8 Å². The van der Waals surface area contributed by atoms with E-state index in [0.717, 1.165) is 19.3 Å². The van der Waals surface area contributed by atoms with Crippen LogP contribution in [0.2, 0.25) is 0 Å².